The molecule has 2 fully saturated rings. The first-order chi connectivity index (χ1) is 7.05. The summed E-state index contributed by atoms with van der Waals surface area (Å²) in [4.78, 5) is 13.6. The highest BCUT2D eigenvalue weighted by Crippen LogP contribution is 2.44. The van der Waals surface area contributed by atoms with Gasteiger partial charge in [0.15, 0.2) is 0 Å². The molecular weight excluding hydrogens is 186 g/mol. The molecule has 0 aromatic carbocycles. The van der Waals surface area contributed by atoms with Crippen LogP contribution < -0.4 is 0 Å². The molecule has 2 aliphatic rings. The van der Waals surface area contributed by atoms with Crippen LogP contribution in [0.3, 0.4) is 0 Å². The molecule has 2 heteroatoms. The number of likely N-dealkylation sites (tertiary alicyclic amines) is 1. The lowest BCUT2D eigenvalue weighted by atomic mass is 9.72. The number of carbonyl (C=O) groups excluding carboxylic acids is 1. The van der Waals surface area contributed by atoms with Crippen molar-refractivity contribution in [2.75, 3.05) is 7.05 Å². The Bertz CT molecular complexity index is 251. The van der Waals surface area contributed by atoms with Crippen molar-refractivity contribution in [2.45, 2.75) is 57.9 Å². The highest BCUT2D eigenvalue weighted by atomic mass is 16.2. The minimum atomic E-state index is 0.252. The first kappa shape index (κ1) is 11.0. The van der Waals surface area contributed by atoms with E-state index in [9.17, 15) is 4.79 Å². The molecule has 0 N–H and O–H groups in total. The van der Waals surface area contributed by atoms with Crippen molar-refractivity contribution in [3.63, 3.8) is 0 Å². The molecule has 2 nitrogen and oxygen atoms in total. The van der Waals surface area contributed by atoms with E-state index in [-0.39, 0.29) is 5.54 Å². The summed E-state index contributed by atoms with van der Waals surface area (Å²) in [6.07, 6.45) is 6.98. The van der Waals surface area contributed by atoms with E-state index in [0.29, 0.717) is 5.91 Å². The molecule has 0 radical (unpaired) electrons. The molecule has 1 aliphatic heterocycles. The zero-order valence-electron chi connectivity index (χ0n) is 10.3. The van der Waals surface area contributed by atoms with Crippen LogP contribution in [0, 0.1) is 11.8 Å². The third kappa shape index (κ3) is 1.79. The van der Waals surface area contributed by atoms with Gasteiger partial charge in [-0.15, -0.1) is 0 Å². The summed E-state index contributed by atoms with van der Waals surface area (Å²) >= 11 is 0. The van der Waals surface area contributed by atoms with E-state index in [1.165, 1.54) is 25.7 Å². The third-order valence-corrected chi connectivity index (χ3v) is 4.79. The van der Waals surface area contributed by atoms with Crippen molar-refractivity contribution < 1.29 is 4.79 Å². The molecule has 0 bridgehead atoms. The van der Waals surface area contributed by atoms with Crippen LogP contribution in [0.5, 0.6) is 0 Å². The highest BCUT2D eigenvalue weighted by Gasteiger charge is 2.45. The minimum Gasteiger partial charge on any atom is -0.340 e. The molecule has 1 saturated heterocycles. The Labute approximate surface area is 93.0 Å². The van der Waals surface area contributed by atoms with Crippen molar-refractivity contribution in [3.8, 4) is 0 Å². The first-order valence-electron chi connectivity index (χ1n) is 6.32. The summed E-state index contributed by atoms with van der Waals surface area (Å²) in [5.74, 6) is 2.06. The van der Waals surface area contributed by atoms with Crippen LogP contribution in [-0.4, -0.2) is 23.4 Å². The number of hydrogen-bond donors (Lipinski definition) is 0. The Morgan fingerprint density at radius 3 is 2.27 bits per heavy atom. The van der Waals surface area contributed by atoms with Gasteiger partial charge in [0, 0.05) is 19.0 Å². The van der Waals surface area contributed by atoms with E-state index in [1.807, 2.05) is 11.9 Å². The maximum atomic E-state index is 11.6. The van der Waals surface area contributed by atoms with Crippen LogP contribution >= 0.6 is 0 Å². The van der Waals surface area contributed by atoms with Crippen LogP contribution in [0.1, 0.15) is 52.4 Å². The monoisotopic (exact) mass is 209 g/mol. The summed E-state index contributed by atoms with van der Waals surface area (Å²) in [6.45, 7) is 4.65. The maximum Gasteiger partial charge on any atom is 0.222 e. The molecule has 0 aromatic rings. The van der Waals surface area contributed by atoms with Crippen LogP contribution in [0.15, 0.2) is 0 Å². The van der Waals surface area contributed by atoms with Crippen molar-refractivity contribution in [2.24, 2.45) is 11.8 Å². The lowest BCUT2D eigenvalue weighted by Crippen LogP contribution is -2.46. The van der Waals surface area contributed by atoms with Gasteiger partial charge in [0.25, 0.3) is 0 Å². The summed E-state index contributed by atoms with van der Waals surface area (Å²) in [5.41, 5.74) is 0.252. The summed E-state index contributed by atoms with van der Waals surface area (Å²) in [5, 5.41) is 0. The molecule has 1 amide bonds. The molecule has 2 rings (SSSR count). The van der Waals surface area contributed by atoms with E-state index < -0.39 is 0 Å². The van der Waals surface area contributed by atoms with E-state index in [2.05, 4.69) is 13.8 Å². The Kier molecular flexibility index (Phi) is 2.78. The summed E-state index contributed by atoms with van der Waals surface area (Å²) in [6, 6.07) is 0. The number of amides is 1. The zero-order chi connectivity index (χ0) is 11.1. The zero-order valence-corrected chi connectivity index (χ0v) is 10.3. The van der Waals surface area contributed by atoms with Crippen LogP contribution in [0.2, 0.25) is 0 Å². The lowest BCUT2D eigenvalue weighted by Gasteiger charge is -2.43. The molecule has 1 aliphatic carbocycles. The molecule has 1 spiro atoms. The molecule has 0 unspecified atom stereocenters. The van der Waals surface area contributed by atoms with Gasteiger partial charge < -0.3 is 4.90 Å². The van der Waals surface area contributed by atoms with Gasteiger partial charge in [-0.05, 0) is 43.9 Å². The van der Waals surface area contributed by atoms with Gasteiger partial charge >= 0.3 is 0 Å². The van der Waals surface area contributed by atoms with Gasteiger partial charge in [0.2, 0.25) is 5.91 Å². The van der Waals surface area contributed by atoms with Gasteiger partial charge in [-0.3, -0.25) is 4.79 Å². The van der Waals surface area contributed by atoms with Gasteiger partial charge in [-0.1, -0.05) is 13.8 Å². The van der Waals surface area contributed by atoms with Crippen molar-refractivity contribution in [1.82, 2.24) is 4.90 Å². The normalized spacial score (nSPS) is 36.9. The van der Waals surface area contributed by atoms with E-state index in [4.69, 9.17) is 0 Å². The Morgan fingerprint density at radius 2 is 1.87 bits per heavy atom. The first-order valence-corrected chi connectivity index (χ1v) is 6.32. The largest absolute Gasteiger partial charge is 0.340 e. The fourth-order valence-corrected chi connectivity index (χ4v) is 3.37. The number of rotatable bonds is 1. The van der Waals surface area contributed by atoms with Crippen molar-refractivity contribution in [1.29, 1.82) is 0 Å². The summed E-state index contributed by atoms with van der Waals surface area (Å²) < 4.78 is 0. The number of hydrogen-bond acceptors (Lipinski definition) is 1. The maximum absolute atomic E-state index is 11.6. The molecular formula is C13H23NO. The van der Waals surface area contributed by atoms with Gasteiger partial charge in [0.1, 0.15) is 0 Å². The summed E-state index contributed by atoms with van der Waals surface area (Å²) in [7, 11) is 2.00. The number of carbonyl (C=O) groups is 1. The Morgan fingerprint density at radius 1 is 1.27 bits per heavy atom. The second kappa shape index (κ2) is 3.80. The average Bonchev–Trinajstić information content (AvgIpc) is 2.48. The smallest absolute Gasteiger partial charge is 0.222 e. The van der Waals surface area contributed by atoms with Crippen molar-refractivity contribution >= 4 is 5.91 Å². The highest BCUT2D eigenvalue weighted by molar-refractivity contribution is 5.79. The van der Waals surface area contributed by atoms with Crippen LogP contribution in [0.4, 0.5) is 0 Å². The van der Waals surface area contributed by atoms with E-state index in [0.717, 1.165) is 24.7 Å². The quantitative estimate of drug-likeness (QED) is 0.650. The Hall–Kier alpha value is -0.530. The topological polar surface area (TPSA) is 20.3 Å². The van der Waals surface area contributed by atoms with Crippen LogP contribution in [0.25, 0.3) is 0 Å². The molecule has 1 heterocycles. The fourth-order valence-electron chi connectivity index (χ4n) is 3.37. The van der Waals surface area contributed by atoms with Gasteiger partial charge in [0.05, 0.1) is 0 Å². The molecule has 0 atom stereocenters. The molecule has 86 valence electrons. The molecule has 1 saturated carbocycles. The predicted octanol–water partition coefficient (Wildman–Crippen LogP) is 2.82. The van der Waals surface area contributed by atoms with E-state index in [1.54, 1.807) is 0 Å². The third-order valence-electron chi connectivity index (χ3n) is 4.79. The average molecular weight is 209 g/mol. The standard InChI is InChI=1S/C13H23NO/c1-10(2)11-4-7-13(8-5-11)9-6-12(15)14(13)3/h10-11H,4-9H2,1-3H3. The molecule has 15 heavy (non-hydrogen) atoms. The second-order valence-corrected chi connectivity index (χ2v) is 5.76. The minimum absolute atomic E-state index is 0.252. The fraction of sp³-hybridized carbons (Fsp3) is 0.923. The predicted molar refractivity (Wildman–Crippen MR) is 61.5 cm³/mol. The molecule has 0 aromatic heterocycles. The van der Waals surface area contributed by atoms with Crippen LogP contribution in [-0.2, 0) is 4.79 Å². The van der Waals surface area contributed by atoms with Gasteiger partial charge in [-0.2, -0.15) is 0 Å². The lowest BCUT2D eigenvalue weighted by molar-refractivity contribution is -0.130. The number of nitrogens with zero attached hydrogens (tertiary/aromatic N) is 1. The van der Waals surface area contributed by atoms with Crippen molar-refractivity contribution in [3.05, 3.63) is 0 Å². The van der Waals surface area contributed by atoms with Gasteiger partial charge in [-0.25, -0.2) is 0 Å². The Balaban J connectivity index is 2.01. The SMILES string of the molecule is CC(C)C1CCC2(CCC(=O)N2C)CC1. The second-order valence-electron chi connectivity index (χ2n) is 5.76. The van der Waals surface area contributed by atoms with E-state index >= 15 is 0 Å².